The van der Waals surface area contributed by atoms with E-state index in [-0.39, 0.29) is 11.7 Å². The first-order valence-electron chi connectivity index (χ1n) is 7.40. The molecule has 1 N–H and O–H groups in total. The number of nitrogens with zero attached hydrogens (tertiary/aromatic N) is 2. The Kier molecular flexibility index (Phi) is 6.49. The van der Waals surface area contributed by atoms with Crippen LogP contribution in [0.4, 0.5) is 9.52 Å². The number of nitrogens with one attached hydrogen (secondary N) is 1. The minimum Gasteiger partial charge on any atom is -0.296 e. The van der Waals surface area contributed by atoms with Gasteiger partial charge in [-0.2, -0.15) is 0 Å². The largest absolute Gasteiger partial charge is 0.296 e. The number of hydrogen-bond donors (Lipinski definition) is 1. The van der Waals surface area contributed by atoms with Gasteiger partial charge in [0.05, 0.1) is 5.56 Å². The molecule has 3 aromatic rings. The van der Waals surface area contributed by atoms with Crippen LogP contribution in [-0.4, -0.2) is 16.1 Å². The molecule has 4 nitrogen and oxygen atoms in total. The second-order valence-electron chi connectivity index (χ2n) is 5.30. The molecule has 1 heterocycles. The molecular weight excluding hydrogens is 508 g/mol. The summed E-state index contributed by atoms with van der Waals surface area (Å²) in [5, 5.41) is 11.5. The van der Waals surface area contributed by atoms with Gasteiger partial charge in [-0.15, -0.1) is 10.2 Å². The van der Waals surface area contributed by atoms with Gasteiger partial charge in [0.1, 0.15) is 5.82 Å². The molecule has 3 rings (SSSR count). The van der Waals surface area contributed by atoms with Gasteiger partial charge in [0, 0.05) is 19.9 Å². The number of halogens is 3. The van der Waals surface area contributed by atoms with Crippen LogP contribution in [0.2, 0.25) is 5.02 Å². The van der Waals surface area contributed by atoms with Crippen LogP contribution < -0.4 is 5.32 Å². The van der Waals surface area contributed by atoms with Gasteiger partial charge in [-0.05, 0) is 53.8 Å². The molecule has 0 bridgehead atoms. The van der Waals surface area contributed by atoms with Gasteiger partial charge in [0.2, 0.25) is 5.13 Å². The summed E-state index contributed by atoms with van der Waals surface area (Å²) in [5.41, 5.74) is 2.10. The van der Waals surface area contributed by atoms with Gasteiger partial charge >= 0.3 is 0 Å². The van der Waals surface area contributed by atoms with E-state index in [9.17, 15) is 9.18 Å². The van der Waals surface area contributed by atoms with E-state index in [4.69, 9.17) is 11.6 Å². The Morgan fingerprint density at radius 1 is 1.35 bits per heavy atom. The summed E-state index contributed by atoms with van der Waals surface area (Å²) in [7, 11) is 0. The van der Waals surface area contributed by atoms with Crippen LogP contribution in [-0.2, 0) is 5.75 Å². The maximum absolute atomic E-state index is 13.8. The summed E-state index contributed by atoms with van der Waals surface area (Å²) in [6, 6.07) is 10.2. The van der Waals surface area contributed by atoms with Crippen molar-refractivity contribution in [2.45, 2.75) is 17.0 Å². The normalized spacial score (nSPS) is 10.8. The van der Waals surface area contributed by atoms with E-state index >= 15 is 0 Å². The average Bonchev–Trinajstić information content (AvgIpc) is 3.01. The number of amides is 1. The van der Waals surface area contributed by atoms with Crippen molar-refractivity contribution in [1.82, 2.24) is 10.2 Å². The molecule has 1 amide bonds. The third-order valence-corrected chi connectivity index (χ3v) is 6.64. The van der Waals surface area contributed by atoms with Crippen LogP contribution in [0.15, 0.2) is 40.7 Å². The zero-order valence-electron chi connectivity index (χ0n) is 13.4. The summed E-state index contributed by atoms with van der Waals surface area (Å²) in [6.45, 7) is 1.97. The van der Waals surface area contributed by atoms with Crippen molar-refractivity contribution >= 4 is 68.3 Å². The predicted octanol–water partition coefficient (Wildman–Crippen LogP) is 5.79. The van der Waals surface area contributed by atoms with Crippen molar-refractivity contribution in [3.05, 3.63) is 67.5 Å². The molecule has 0 saturated carbocycles. The first-order valence-corrected chi connectivity index (χ1v) is 10.7. The summed E-state index contributed by atoms with van der Waals surface area (Å²) < 4.78 is 15.3. The highest BCUT2D eigenvalue weighted by Crippen LogP contribution is 2.31. The quantitative estimate of drug-likeness (QED) is 0.263. The Hall–Kier alpha value is -1.23. The fraction of sp³-hybridized carbons (Fsp3) is 0.118. The zero-order chi connectivity index (χ0) is 18.7. The van der Waals surface area contributed by atoms with Crippen LogP contribution in [0.5, 0.6) is 0 Å². The lowest BCUT2D eigenvalue weighted by molar-refractivity contribution is 0.102. The molecule has 9 heteroatoms. The number of carbonyl (C=O) groups is 1. The SMILES string of the molecule is Cc1ccc(C(=O)Nc2nnc(SCc3c(F)cccc3Cl)s2)c(I)c1. The third kappa shape index (κ3) is 4.73. The number of hydrogen-bond acceptors (Lipinski definition) is 5. The van der Waals surface area contributed by atoms with E-state index in [2.05, 4.69) is 38.1 Å². The lowest BCUT2D eigenvalue weighted by Crippen LogP contribution is -2.13. The van der Waals surface area contributed by atoms with Gasteiger partial charge in [-0.3, -0.25) is 10.1 Å². The second kappa shape index (κ2) is 8.64. The number of thioether (sulfide) groups is 1. The Bertz CT molecular complexity index is 947. The summed E-state index contributed by atoms with van der Waals surface area (Å²) in [5.74, 6) is -0.250. The van der Waals surface area contributed by atoms with E-state index in [1.54, 1.807) is 18.2 Å². The maximum Gasteiger partial charge on any atom is 0.258 e. The first kappa shape index (κ1) is 19.5. The first-order chi connectivity index (χ1) is 12.4. The van der Waals surface area contributed by atoms with Gasteiger partial charge in [0.15, 0.2) is 4.34 Å². The van der Waals surface area contributed by atoms with Crippen LogP contribution in [0.25, 0.3) is 0 Å². The van der Waals surface area contributed by atoms with Crippen LogP contribution in [0, 0.1) is 16.3 Å². The zero-order valence-corrected chi connectivity index (χ0v) is 18.0. The molecule has 134 valence electrons. The molecule has 0 spiro atoms. The van der Waals surface area contributed by atoms with Crippen molar-refractivity contribution in [1.29, 1.82) is 0 Å². The van der Waals surface area contributed by atoms with E-state index in [1.165, 1.54) is 29.2 Å². The second-order valence-corrected chi connectivity index (χ2v) is 9.07. The van der Waals surface area contributed by atoms with Crippen LogP contribution in [0.3, 0.4) is 0 Å². The van der Waals surface area contributed by atoms with Crippen molar-refractivity contribution < 1.29 is 9.18 Å². The van der Waals surface area contributed by atoms with Gasteiger partial charge in [-0.1, -0.05) is 52.4 Å². The number of carbonyl (C=O) groups excluding carboxylic acids is 1. The molecule has 0 aliphatic rings. The molecule has 0 unspecified atom stereocenters. The lowest BCUT2D eigenvalue weighted by Gasteiger charge is -2.04. The van der Waals surface area contributed by atoms with Crippen molar-refractivity contribution in [2.24, 2.45) is 0 Å². The highest BCUT2D eigenvalue weighted by atomic mass is 127. The number of aromatic nitrogens is 2. The fourth-order valence-corrected chi connectivity index (χ4v) is 5.10. The molecule has 1 aromatic heterocycles. The average molecular weight is 520 g/mol. The monoisotopic (exact) mass is 519 g/mol. The molecule has 2 aromatic carbocycles. The Morgan fingerprint density at radius 2 is 2.15 bits per heavy atom. The summed E-state index contributed by atoms with van der Waals surface area (Å²) >= 11 is 10.7. The molecule has 0 radical (unpaired) electrons. The predicted molar refractivity (Wildman–Crippen MR) is 113 cm³/mol. The number of aryl methyl sites for hydroxylation is 1. The summed E-state index contributed by atoms with van der Waals surface area (Å²) in [6.07, 6.45) is 0. The Balaban J connectivity index is 1.65. The minimum atomic E-state index is -0.350. The van der Waals surface area contributed by atoms with Crippen molar-refractivity contribution in [3.63, 3.8) is 0 Å². The third-order valence-electron chi connectivity index (χ3n) is 3.40. The van der Waals surface area contributed by atoms with Crippen molar-refractivity contribution in [2.75, 3.05) is 5.32 Å². The van der Waals surface area contributed by atoms with E-state index in [0.717, 1.165) is 9.13 Å². The Morgan fingerprint density at radius 3 is 2.88 bits per heavy atom. The van der Waals surface area contributed by atoms with Crippen LogP contribution in [0.1, 0.15) is 21.5 Å². The fourth-order valence-electron chi connectivity index (χ4n) is 2.09. The lowest BCUT2D eigenvalue weighted by atomic mass is 10.1. The molecule has 26 heavy (non-hydrogen) atoms. The van der Waals surface area contributed by atoms with Gasteiger partial charge in [-0.25, -0.2) is 4.39 Å². The van der Waals surface area contributed by atoms with E-state index < -0.39 is 0 Å². The smallest absolute Gasteiger partial charge is 0.258 e. The van der Waals surface area contributed by atoms with E-state index in [0.29, 0.717) is 31.4 Å². The topological polar surface area (TPSA) is 54.9 Å². The van der Waals surface area contributed by atoms with Crippen LogP contribution >= 0.6 is 57.3 Å². The number of anilines is 1. The maximum atomic E-state index is 13.8. The molecule has 0 saturated heterocycles. The number of benzene rings is 2. The Labute approximate surface area is 176 Å². The molecule has 0 aliphatic heterocycles. The highest BCUT2D eigenvalue weighted by Gasteiger charge is 2.14. The molecular formula is C17H12ClFIN3OS2. The highest BCUT2D eigenvalue weighted by molar-refractivity contribution is 14.1. The minimum absolute atomic E-state index is 0.237. The molecule has 0 atom stereocenters. The van der Waals surface area contributed by atoms with E-state index in [1.807, 2.05) is 19.1 Å². The number of rotatable bonds is 5. The van der Waals surface area contributed by atoms with Crippen molar-refractivity contribution in [3.8, 4) is 0 Å². The van der Waals surface area contributed by atoms with Gasteiger partial charge < -0.3 is 0 Å². The van der Waals surface area contributed by atoms with Gasteiger partial charge in [0.25, 0.3) is 5.91 Å². The molecule has 0 aliphatic carbocycles. The molecule has 0 fully saturated rings. The summed E-state index contributed by atoms with van der Waals surface area (Å²) in [4.78, 5) is 12.4. The standard InChI is InChI=1S/C17H12ClFIN3OS2/c1-9-5-6-10(14(20)7-9)15(24)21-16-22-23-17(26-16)25-8-11-12(18)3-2-4-13(11)19/h2-7H,8H2,1H3,(H,21,22,24).